The molecule has 24 heavy (non-hydrogen) atoms. The first-order valence-electron chi connectivity index (χ1n) is 7.44. The number of para-hydroxylation sites is 1. The van der Waals surface area contributed by atoms with Gasteiger partial charge in [-0.25, -0.2) is 4.98 Å². The van der Waals surface area contributed by atoms with E-state index < -0.39 is 0 Å². The van der Waals surface area contributed by atoms with Gasteiger partial charge in [0.15, 0.2) is 0 Å². The number of hydrogen-bond donors (Lipinski definition) is 2. The fourth-order valence-corrected chi connectivity index (χ4v) is 2.42. The molecule has 0 aliphatic carbocycles. The van der Waals surface area contributed by atoms with Crippen molar-refractivity contribution < 1.29 is 9.21 Å². The molecule has 0 atom stereocenters. The molecule has 3 rings (SSSR count). The van der Waals surface area contributed by atoms with Gasteiger partial charge >= 0.3 is 0 Å². The van der Waals surface area contributed by atoms with E-state index in [4.69, 9.17) is 16.0 Å². The van der Waals surface area contributed by atoms with Crippen molar-refractivity contribution in [2.75, 3.05) is 5.32 Å². The van der Waals surface area contributed by atoms with Crippen molar-refractivity contribution in [2.24, 2.45) is 7.05 Å². The van der Waals surface area contributed by atoms with Crippen LogP contribution in [0.3, 0.4) is 0 Å². The van der Waals surface area contributed by atoms with Gasteiger partial charge in [-0.2, -0.15) is 0 Å². The molecule has 0 radical (unpaired) electrons. The molecule has 6 nitrogen and oxygen atoms in total. The van der Waals surface area contributed by atoms with Crippen molar-refractivity contribution in [2.45, 2.75) is 13.1 Å². The lowest BCUT2D eigenvalue weighted by molar-refractivity contribution is 0.0949. The molecule has 0 saturated heterocycles. The number of imidazole rings is 1. The minimum absolute atomic E-state index is 0.174. The van der Waals surface area contributed by atoms with Gasteiger partial charge in [0, 0.05) is 12.7 Å². The van der Waals surface area contributed by atoms with Crippen molar-refractivity contribution in [1.82, 2.24) is 14.9 Å². The summed E-state index contributed by atoms with van der Waals surface area (Å²) in [5.74, 6) is 1.31. The highest BCUT2D eigenvalue weighted by atomic mass is 35.5. The molecule has 0 saturated carbocycles. The summed E-state index contributed by atoms with van der Waals surface area (Å²) in [4.78, 5) is 16.6. The Morgan fingerprint density at radius 1 is 1.25 bits per heavy atom. The minimum atomic E-state index is -0.174. The number of benzene rings is 1. The van der Waals surface area contributed by atoms with Crippen molar-refractivity contribution >= 4 is 23.2 Å². The van der Waals surface area contributed by atoms with E-state index in [9.17, 15) is 4.79 Å². The molecule has 0 unspecified atom stereocenters. The van der Waals surface area contributed by atoms with Crippen LogP contribution in [0, 0.1) is 0 Å². The molecule has 7 heteroatoms. The zero-order chi connectivity index (χ0) is 16.9. The lowest BCUT2D eigenvalue weighted by atomic mass is 10.1. The van der Waals surface area contributed by atoms with Crippen molar-refractivity contribution in [1.29, 1.82) is 0 Å². The number of furan rings is 1. The summed E-state index contributed by atoms with van der Waals surface area (Å²) in [6.45, 7) is 0.806. The molecular formula is C17H17ClN4O2. The van der Waals surface area contributed by atoms with Crippen LogP contribution in [0.1, 0.15) is 21.9 Å². The zero-order valence-corrected chi connectivity index (χ0v) is 13.9. The molecule has 0 aliphatic heterocycles. The third-order valence-corrected chi connectivity index (χ3v) is 3.99. The Kier molecular flexibility index (Phi) is 4.86. The predicted molar refractivity (Wildman–Crippen MR) is 91.9 cm³/mol. The third kappa shape index (κ3) is 3.60. The Balaban J connectivity index is 1.68. The number of anilines is 1. The molecule has 1 amide bonds. The van der Waals surface area contributed by atoms with E-state index in [0.717, 1.165) is 11.5 Å². The Morgan fingerprint density at radius 3 is 2.79 bits per heavy atom. The fraction of sp³-hybridized carbons (Fsp3) is 0.176. The van der Waals surface area contributed by atoms with Gasteiger partial charge in [0.2, 0.25) is 0 Å². The van der Waals surface area contributed by atoms with E-state index in [-0.39, 0.29) is 5.91 Å². The Hall–Kier alpha value is -2.73. The van der Waals surface area contributed by atoms with E-state index >= 15 is 0 Å². The Morgan fingerprint density at radius 2 is 2.08 bits per heavy atom. The average molecular weight is 345 g/mol. The smallest absolute Gasteiger partial charge is 0.253 e. The van der Waals surface area contributed by atoms with Crippen molar-refractivity contribution in [3.05, 3.63) is 71.2 Å². The van der Waals surface area contributed by atoms with Crippen LogP contribution in [0.25, 0.3) is 0 Å². The summed E-state index contributed by atoms with van der Waals surface area (Å²) in [6.07, 6.45) is 3.18. The van der Waals surface area contributed by atoms with E-state index in [2.05, 4.69) is 15.6 Å². The Labute approximate surface area is 144 Å². The van der Waals surface area contributed by atoms with Crippen LogP contribution in [-0.4, -0.2) is 15.5 Å². The molecule has 2 N–H and O–H groups in total. The number of hydrogen-bond acceptors (Lipinski definition) is 4. The number of aromatic nitrogens is 2. The van der Waals surface area contributed by atoms with Gasteiger partial charge in [-0.15, -0.1) is 0 Å². The van der Waals surface area contributed by atoms with Crippen LogP contribution in [0.2, 0.25) is 5.15 Å². The summed E-state index contributed by atoms with van der Waals surface area (Å²) in [7, 11) is 1.84. The molecule has 2 heterocycles. The summed E-state index contributed by atoms with van der Waals surface area (Å²) in [5, 5.41) is 6.64. The highest BCUT2D eigenvalue weighted by Crippen LogP contribution is 2.17. The van der Waals surface area contributed by atoms with Crippen LogP contribution in [0.15, 0.2) is 53.3 Å². The third-order valence-electron chi connectivity index (χ3n) is 3.64. The molecule has 0 spiro atoms. The second-order valence-electron chi connectivity index (χ2n) is 5.22. The maximum atomic E-state index is 12.4. The average Bonchev–Trinajstić information content (AvgIpc) is 3.23. The lowest BCUT2D eigenvalue weighted by Crippen LogP contribution is -2.23. The van der Waals surface area contributed by atoms with Gasteiger partial charge < -0.3 is 19.6 Å². The van der Waals surface area contributed by atoms with Crippen LogP contribution >= 0.6 is 11.6 Å². The molecule has 2 aromatic heterocycles. The van der Waals surface area contributed by atoms with Gasteiger partial charge in [0.05, 0.1) is 31.1 Å². The largest absolute Gasteiger partial charge is 0.467 e. The van der Waals surface area contributed by atoms with Crippen LogP contribution in [0.4, 0.5) is 5.69 Å². The predicted octanol–water partition coefficient (Wildman–Crippen LogP) is 3.21. The molecule has 1 aromatic carbocycles. The highest BCUT2D eigenvalue weighted by molar-refractivity contribution is 6.29. The van der Waals surface area contributed by atoms with E-state index in [0.29, 0.717) is 29.6 Å². The quantitative estimate of drug-likeness (QED) is 0.720. The number of halogens is 1. The van der Waals surface area contributed by atoms with Crippen LogP contribution in [-0.2, 0) is 20.1 Å². The number of rotatable bonds is 6. The molecule has 0 aliphatic rings. The first-order chi connectivity index (χ1) is 11.6. The second kappa shape index (κ2) is 7.23. The first-order valence-corrected chi connectivity index (χ1v) is 7.82. The first kappa shape index (κ1) is 16.1. The molecule has 124 valence electrons. The molecular weight excluding hydrogens is 328 g/mol. The maximum Gasteiger partial charge on any atom is 0.253 e. The summed E-state index contributed by atoms with van der Waals surface area (Å²) in [5.41, 5.74) is 1.29. The monoisotopic (exact) mass is 344 g/mol. The van der Waals surface area contributed by atoms with E-state index in [1.165, 1.54) is 0 Å². The summed E-state index contributed by atoms with van der Waals surface area (Å²) >= 11 is 5.98. The minimum Gasteiger partial charge on any atom is -0.467 e. The highest BCUT2D eigenvalue weighted by Gasteiger charge is 2.12. The zero-order valence-electron chi connectivity index (χ0n) is 13.1. The van der Waals surface area contributed by atoms with Crippen molar-refractivity contribution in [3.8, 4) is 0 Å². The molecule has 0 bridgehead atoms. The number of nitrogens with one attached hydrogen (secondary N) is 2. The standard InChI is InChI=1S/C17H17ClN4O2/c1-22-15(18)10-20-16(22)11-19-14-7-3-2-6-13(14)17(23)21-9-12-5-4-8-24-12/h2-8,10,19H,9,11H2,1H3,(H,21,23). The topological polar surface area (TPSA) is 72.1 Å². The molecule has 3 aromatic rings. The Bertz CT molecular complexity index is 827. The number of carbonyl (C=O) groups excluding carboxylic acids is 1. The van der Waals surface area contributed by atoms with Gasteiger partial charge in [0.25, 0.3) is 5.91 Å². The van der Waals surface area contributed by atoms with Crippen LogP contribution in [0.5, 0.6) is 0 Å². The van der Waals surface area contributed by atoms with E-state index in [1.54, 1.807) is 29.2 Å². The number of nitrogens with zero attached hydrogens (tertiary/aromatic N) is 2. The van der Waals surface area contributed by atoms with Gasteiger partial charge in [-0.1, -0.05) is 23.7 Å². The lowest BCUT2D eigenvalue weighted by Gasteiger charge is -2.12. The summed E-state index contributed by atoms with van der Waals surface area (Å²) < 4.78 is 7.00. The second-order valence-corrected chi connectivity index (χ2v) is 5.60. The van der Waals surface area contributed by atoms with E-state index in [1.807, 2.05) is 31.3 Å². The normalized spacial score (nSPS) is 10.6. The number of carbonyl (C=O) groups is 1. The van der Waals surface area contributed by atoms with Gasteiger partial charge in [-0.05, 0) is 24.3 Å². The van der Waals surface area contributed by atoms with Gasteiger partial charge in [0.1, 0.15) is 16.7 Å². The number of amides is 1. The van der Waals surface area contributed by atoms with Gasteiger partial charge in [-0.3, -0.25) is 4.79 Å². The SMILES string of the molecule is Cn1c(Cl)cnc1CNc1ccccc1C(=O)NCc1ccco1. The summed E-state index contributed by atoms with van der Waals surface area (Å²) in [6, 6.07) is 10.9. The fourth-order valence-electron chi connectivity index (χ4n) is 2.27. The van der Waals surface area contributed by atoms with Crippen LogP contribution < -0.4 is 10.6 Å². The maximum absolute atomic E-state index is 12.4. The molecule has 0 fully saturated rings. The van der Waals surface area contributed by atoms with Crippen molar-refractivity contribution in [3.63, 3.8) is 0 Å².